The van der Waals surface area contributed by atoms with E-state index in [1.165, 1.54) is 12.1 Å². The van der Waals surface area contributed by atoms with Gasteiger partial charge in [-0.05, 0) is 73.7 Å². The van der Waals surface area contributed by atoms with Crippen LogP contribution in [-0.4, -0.2) is 27.5 Å². The van der Waals surface area contributed by atoms with Crippen LogP contribution < -0.4 is 14.4 Å². The zero-order valence-electron chi connectivity index (χ0n) is 15.2. The van der Waals surface area contributed by atoms with E-state index < -0.39 is 10.0 Å². The predicted molar refractivity (Wildman–Crippen MR) is 104 cm³/mol. The second kappa shape index (κ2) is 6.88. The number of rotatable bonds is 5. The molecule has 7 heteroatoms. The standard InChI is InChI=1S/C20H22N2O4S/c1-2-26-17-6-8-18(9-7-17)27(24,25)21-16-12-14-4-3-11-22-19(23)10-5-15(13-16)20(14)22/h6-9,12-13,21H,2-5,10-11H2,1H3. The molecular weight excluding hydrogens is 364 g/mol. The number of nitrogens with one attached hydrogen (secondary N) is 1. The number of hydrogen-bond donors (Lipinski definition) is 1. The zero-order chi connectivity index (χ0) is 19.0. The number of benzene rings is 2. The van der Waals surface area contributed by atoms with E-state index in [0.29, 0.717) is 30.9 Å². The van der Waals surface area contributed by atoms with Crippen molar-refractivity contribution in [1.29, 1.82) is 0 Å². The first kappa shape index (κ1) is 17.9. The van der Waals surface area contributed by atoms with Gasteiger partial charge < -0.3 is 9.64 Å². The molecule has 142 valence electrons. The largest absolute Gasteiger partial charge is 0.494 e. The average Bonchev–Trinajstić information content (AvgIpc) is 2.65. The van der Waals surface area contributed by atoms with Gasteiger partial charge in [0.2, 0.25) is 5.91 Å². The first-order chi connectivity index (χ1) is 13.0. The molecule has 2 heterocycles. The number of carbonyl (C=O) groups is 1. The summed E-state index contributed by atoms with van der Waals surface area (Å²) < 4.78 is 33.6. The van der Waals surface area contributed by atoms with Gasteiger partial charge in [0.1, 0.15) is 5.75 Å². The third-order valence-electron chi connectivity index (χ3n) is 4.97. The summed E-state index contributed by atoms with van der Waals surface area (Å²) in [6.45, 7) is 3.15. The van der Waals surface area contributed by atoms with E-state index in [-0.39, 0.29) is 10.8 Å². The van der Waals surface area contributed by atoms with Crippen LogP contribution >= 0.6 is 0 Å². The molecule has 2 aliphatic heterocycles. The lowest BCUT2D eigenvalue weighted by Crippen LogP contribution is -2.39. The average molecular weight is 386 g/mol. The van der Waals surface area contributed by atoms with Gasteiger partial charge in [-0.1, -0.05) is 0 Å². The zero-order valence-corrected chi connectivity index (χ0v) is 16.0. The van der Waals surface area contributed by atoms with Crippen molar-refractivity contribution in [1.82, 2.24) is 0 Å². The van der Waals surface area contributed by atoms with E-state index in [2.05, 4.69) is 4.72 Å². The topological polar surface area (TPSA) is 75.7 Å². The highest BCUT2D eigenvalue weighted by Gasteiger charge is 2.30. The Balaban J connectivity index is 1.64. The highest BCUT2D eigenvalue weighted by molar-refractivity contribution is 7.92. The molecule has 2 aliphatic rings. The van der Waals surface area contributed by atoms with Crippen molar-refractivity contribution in [2.75, 3.05) is 22.8 Å². The van der Waals surface area contributed by atoms with Crippen LogP contribution in [0.3, 0.4) is 0 Å². The molecule has 6 nitrogen and oxygen atoms in total. The third-order valence-corrected chi connectivity index (χ3v) is 6.37. The first-order valence-corrected chi connectivity index (χ1v) is 10.7. The fourth-order valence-electron chi connectivity index (χ4n) is 3.81. The molecule has 2 aromatic rings. The molecular formula is C20H22N2O4S. The monoisotopic (exact) mass is 386 g/mol. The van der Waals surface area contributed by atoms with Crippen LogP contribution in [0.15, 0.2) is 41.3 Å². The Morgan fingerprint density at radius 1 is 1.07 bits per heavy atom. The maximum Gasteiger partial charge on any atom is 0.261 e. The van der Waals surface area contributed by atoms with Gasteiger partial charge in [0, 0.05) is 18.7 Å². The molecule has 0 saturated carbocycles. The number of hydrogen-bond acceptors (Lipinski definition) is 4. The Kier molecular flexibility index (Phi) is 4.55. The van der Waals surface area contributed by atoms with Gasteiger partial charge in [-0.25, -0.2) is 8.42 Å². The summed E-state index contributed by atoms with van der Waals surface area (Å²) in [4.78, 5) is 14.2. The third kappa shape index (κ3) is 3.39. The molecule has 0 unspecified atom stereocenters. The van der Waals surface area contributed by atoms with Crippen molar-refractivity contribution < 1.29 is 17.9 Å². The van der Waals surface area contributed by atoms with Gasteiger partial charge in [0.05, 0.1) is 17.2 Å². The molecule has 0 atom stereocenters. The minimum absolute atomic E-state index is 0.158. The molecule has 0 radical (unpaired) electrons. The molecule has 0 spiro atoms. The fourth-order valence-corrected chi connectivity index (χ4v) is 4.85. The normalized spacial score (nSPS) is 16.0. The summed E-state index contributed by atoms with van der Waals surface area (Å²) >= 11 is 0. The van der Waals surface area contributed by atoms with Crippen molar-refractivity contribution in [3.05, 3.63) is 47.5 Å². The number of anilines is 2. The minimum atomic E-state index is -3.69. The molecule has 1 N–H and O–H groups in total. The van der Waals surface area contributed by atoms with Crippen LogP contribution in [0.2, 0.25) is 0 Å². The SMILES string of the molecule is CCOc1ccc(S(=O)(=O)Nc2cc3c4c(c2)CCC(=O)N4CCC3)cc1. The lowest BCUT2D eigenvalue weighted by Gasteiger charge is -2.35. The van der Waals surface area contributed by atoms with Crippen molar-refractivity contribution in [2.24, 2.45) is 0 Å². The van der Waals surface area contributed by atoms with E-state index in [9.17, 15) is 13.2 Å². The van der Waals surface area contributed by atoms with E-state index >= 15 is 0 Å². The first-order valence-electron chi connectivity index (χ1n) is 9.20. The Morgan fingerprint density at radius 3 is 2.48 bits per heavy atom. The lowest BCUT2D eigenvalue weighted by molar-refractivity contribution is -0.119. The quantitative estimate of drug-likeness (QED) is 0.857. The van der Waals surface area contributed by atoms with Gasteiger partial charge in [-0.2, -0.15) is 0 Å². The molecule has 1 amide bonds. The van der Waals surface area contributed by atoms with Crippen molar-refractivity contribution in [2.45, 2.75) is 37.5 Å². The number of aryl methyl sites for hydroxylation is 2. The number of ether oxygens (including phenoxy) is 1. The maximum absolute atomic E-state index is 12.8. The Bertz CT molecular complexity index is 967. The minimum Gasteiger partial charge on any atom is -0.494 e. The lowest BCUT2D eigenvalue weighted by atomic mass is 9.91. The van der Waals surface area contributed by atoms with Crippen LogP contribution in [0.5, 0.6) is 5.75 Å². The fraction of sp³-hybridized carbons (Fsp3) is 0.350. The molecule has 27 heavy (non-hydrogen) atoms. The molecule has 0 saturated heterocycles. The maximum atomic E-state index is 12.8. The van der Waals surface area contributed by atoms with Gasteiger partial charge >= 0.3 is 0 Å². The summed E-state index contributed by atoms with van der Waals surface area (Å²) in [6.07, 6.45) is 2.87. The van der Waals surface area contributed by atoms with E-state index in [1.54, 1.807) is 12.1 Å². The highest BCUT2D eigenvalue weighted by atomic mass is 32.2. The number of nitrogens with zero attached hydrogens (tertiary/aromatic N) is 1. The number of amides is 1. The van der Waals surface area contributed by atoms with Crippen molar-refractivity contribution in [3.63, 3.8) is 0 Å². The van der Waals surface area contributed by atoms with Crippen molar-refractivity contribution >= 4 is 27.3 Å². The number of sulfonamides is 1. The van der Waals surface area contributed by atoms with E-state index in [4.69, 9.17) is 4.74 Å². The molecule has 2 aromatic carbocycles. The van der Waals surface area contributed by atoms with Crippen LogP contribution in [0.1, 0.15) is 30.9 Å². The van der Waals surface area contributed by atoms with Gasteiger partial charge in [0.25, 0.3) is 10.0 Å². The Morgan fingerprint density at radius 2 is 1.78 bits per heavy atom. The summed E-state index contributed by atoms with van der Waals surface area (Å²) in [5.41, 5.74) is 3.61. The summed E-state index contributed by atoms with van der Waals surface area (Å²) in [5.74, 6) is 0.797. The predicted octanol–water partition coefficient (Wildman–Crippen LogP) is 3.11. The molecule has 0 bridgehead atoms. The molecule has 0 fully saturated rings. The highest BCUT2D eigenvalue weighted by Crippen LogP contribution is 2.38. The Labute approximate surface area is 159 Å². The van der Waals surface area contributed by atoms with E-state index in [0.717, 1.165) is 36.2 Å². The van der Waals surface area contributed by atoms with Gasteiger partial charge in [-0.15, -0.1) is 0 Å². The summed E-state index contributed by atoms with van der Waals surface area (Å²) in [5, 5.41) is 0. The van der Waals surface area contributed by atoms with Crippen LogP contribution in [0, 0.1) is 0 Å². The summed E-state index contributed by atoms with van der Waals surface area (Å²) in [7, 11) is -3.69. The van der Waals surface area contributed by atoms with Crippen LogP contribution in [-0.2, 0) is 27.7 Å². The summed E-state index contributed by atoms with van der Waals surface area (Å²) in [6, 6.07) is 10.1. The second-order valence-corrected chi connectivity index (χ2v) is 8.48. The van der Waals surface area contributed by atoms with Crippen molar-refractivity contribution in [3.8, 4) is 5.75 Å². The molecule has 4 rings (SSSR count). The number of carbonyl (C=O) groups excluding carboxylic acids is 1. The Hall–Kier alpha value is -2.54. The van der Waals surface area contributed by atoms with E-state index in [1.807, 2.05) is 24.0 Å². The van der Waals surface area contributed by atoms with Crippen LogP contribution in [0.4, 0.5) is 11.4 Å². The molecule has 0 aromatic heterocycles. The molecule has 0 aliphatic carbocycles. The smallest absolute Gasteiger partial charge is 0.261 e. The van der Waals surface area contributed by atoms with Crippen LogP contribution in [0.25, 0.3) is 0 Å². The van der Waals surface area contributed by atoms with Gasteiger partial charge in [-0.3, -0.25) is 9.52 Å². The van der Waals surface area contributed by atoms with Gasteiger partial charge in [0.15, 0.2) is 0 Å². The second-order valence-electron chi connectivity index (χ2n) is 6.80.